The van der Waals surface area contributed by atoms with Crippen molar-refractivity contribution in [2.24, 2.45) is 46.3 Å². The second kappa shape index (κ2) is 12.0. The summed E-state index contributed by atoms with van der Waals surface area (Å²) in [6.07, 6.45) is 5.99. The molecular weight excluding hydrogens is 671 g/mol. The molecule has 1 atom stereocenters. The average molecular weight is 717 g/mol. The monoisotopic (exact) mass is 716 g/mol. The minimum Gasteiger partial charge on any atom is -0.457 e. The molecule has 0 aliphatic heterocycles. The van der Waals surface area contributed by atoms with Gasteiger partial charge in [-0.15, -0.1) is 0 Å². The summed E-state index contributed by atoms with van der Waals surface area (Å²) in [6, 6.07) is 41.2. The van der Waals surface area contributed by atoms with Gasteiger partial charge in [-0.25, -0.2) is 0 Å². The van der Waals surface area contributed by atoms with Gasteiger partial charge in [-0.1, -0.05) is 90.0 Å². The fraction of sp³-hybridized carbons (Fsp3) is 0.333. The van der Waals surface area contributed by atoms with Crippen LogP contribution in [0.3, 0.4) is 0 Å². The van der Waals surface area contributed by atoms with Crippen LogP contribution in [0.25, 0.3) is 0 Å². The maximum atomic E-state index is 14.8. The van der Waals surface area contributed by atoms with Gasteiger partial charge in [0.05, 0.1) is 0 Å². The molecule has 12 rings (SSSR count). The van der Waals surface area contributed by atoms with Gasteiger partial charge in [0, 0.05) is 37.9 Å². The Morgan fingerprint density at radius 3 is 1.21 bits per heavy atom. The quantitative estimate of drug-likeness (QED) is 0.113. The molecule has 7 aliphatic rings. The van der Waals surface area contributed by atoms with E-state index in [4.69, 9.17) is 4.74 Å². The van der Waals surface area contributed by atoms with Crippen LogP contribution in [-0.2, 0) is 4.57 Å². The normalized spacial score (nSPS) is 31.3. The molecule has 266 valence electrons. The zero-order valence-electron chi connectivity index (χ0n) is 30.4. The van der Waals surface area contributed by atoms with Crippen molar-refractivity contribution >= 4 is 34.6 Å². The molecule has 0 N–H and O–H groups in total. The molecule has 0 spiro atoms. The van der Waals surface area contributed by atoms with E-state index in [0.29, 0.717) is 58.6 Å². The highest BCUT2D eigenvalue weighted by molar-refractivity contribution is 7.85. The van der Waals surface area contributed by atoms with Gasteiger partial charge in [-0.2, -0.15) is 0 Å². The largest absolute Gasteiger partial charge is 0.457 e. The van der Waals surface area contributed by atoms with Crippen molar-refractivity contribution in [3.63, 3.8) is 0 Å². The van der Waals surface area contributed by atoms with E-state index in [1.165, 1.54) is 5.56 Å². The zero-order valence-corrected chi connectivity index (χ0v) is 31.3. The van der Waals surface area contributed by atoms with Crippen molar-refractivity contribution in [2.45, 2.75) is 52.4 Å². The maximum absolute atomic E-state index is 14.8. The fourth-order valence-electron chi connectivity index (χ4n) is 12.2. The lowest BCUT2D eigenvalue weighted by Crippen LogP contribution is -2.69. The van der Waals surface area contributed by atoms with Crippen LogP contribution in [0, 0.1) is 60.2 Å². The van der Waals surface area contributed by atoms with E-state index in [9.17, 15) is 14.2 Å². The highest BCUT2D eigenvalue weighted by Gasteiger charge is 2.72. The highest BCUT2D eigenvalue weighted by Crippen LogP contribution is 2.77. The molecule has 0 aromatic heterocycles. The van der Waals surface area contributed by atoms with E-state index in [2.05, 4.69) is 19.1 Å². The molecule has 0 heterocycles. The predicted molar refractivity (Wildman–Crippen MR) is 210 cm³/mol. The Morgan fingerprint density at radius 2 is 0.792 bits per heavy atom. The van der Waals surface area contributed by atoms with Gasteiger partial charge in [0.25, 0.3) is 0 Å². The lowest BCUT2D eigenvalue weighted by atomic mass is 9.29. The van der Waals surface area contributed by atoms with Crippen molar-refractivity contribution in [3.8, 4) is 11.5 Å². The Bertz CT molecular complexity index is 2210. The molecule has 1 unspecified atom stereocenters. The van der Waals surface area contributed by atoms with Gasteiger partial charge < -0.3 is 9.30 Å². The van der Waals surface area contributed by atoms with Crippen LogP contribution in [0.1, 0.15) is 70.4 Å². The minimum absolute atomic E-state index is 0.196. The topological polar surface area (TPSA) is 60.4 Å². The van der Waals surface area contributed by atoms with Gasteiger partial charge >= 0.3 is 0 Å². The Balaban J connectivity index is 0.847. The Labute approximate surface area is 312 Å². The van der Waals surface area contributed by atoms with E-state index in [1.54, 1.807) is 0 Å². The van der Waals surface area contributed by atoms with Gasteiger partial charge in [0.2, 0.25) is 0 Å². The van der Waals surface area contributed by atoms with Crippen molar-refractivity contribution in [1.29, 1.82) is 0 Å². The first kappa shape index (κ1) is 33.1. The van der Waals surface area contributed by atoms with Gasteiger partial charge in [-0.05, 0) is 136 Å². The fourth-order valence-corrected chi connectivity index (χ4v) is 14.8. The van der Waals surface area contributed by atoms with Crippen LogP contribution in [0.2, 0.25) is 0 Å². The number of benzene rings is 5. The SMILES string of the molecule is Cc1ccc(C(=O)C23CC4C5CC6(C(=O)c7ccc(Oc8ccc(P(=O)(c9ccccc9)c9ccc(C)cc9)cc8)cc7)CC4C(C2)C(C6)C5C3)cc1. The summed E-state index contributed by atoms with van der Waals surface area (Å²) in [7, 11) is -3.08. The standard InChI is InChI=1S/C48H45O4P/c1-30-8-12-32(13-9-30)45(49)47-24-39-42-27-48(28-43(39)41(26-47)44(29-48)40(42)25-47)46(50)33-14-16-34(17-15-33)52-35-18-22-38(23-19-35)53(51,36-6-4-3-5-7-36)37-20-10-31(2)11-21-37/h3-23,39-44H,24-29H2,1-2H3. The third kappa shape index (κ3) is 5.05. The third-order valence-corrected chi connectivity index (χ3v) is 17.5. The van der Waals surface area contributed by atoms with Gasteiger partial charge in [-0.3, -0.25) is 9.59 Å². The number of hydrogen-bond acceptors (Lipinski definition) is 4. The van der Waals surface area contributed by atoms with Crippen molar-refractivity contribution in [2.75, 3.05) is 0 Å². The second-order valence-electron chi connectivity index (χ2n) is 17.2. The molecule has 0 saturated heterocycles. The summed E-state index contributed by atoms with van der Waals surface area (Å²) < 4.78 is 21.1. The molecule has 53 heavy (non-hydrogen) atoms. The molecule has 4 nitrogen and oxygen atoms in total. The number of ether oxygens (including phenoxy) is 1. The molecule has 0 radical (unpaired) electrons. The van der Waals surface area contributed by atoms with E-state index < -0.39 is 7.14 Å². The lowest BCUT2D eigenvalue weighted by molar-refractivity contribution is -0.235. The first-order chi connectivity index (χ1) is 25.7. The minimum atomic E-state index is -3.08. The zero-order chi connectivity index (χ0) is 36.1. The molecule has 5 aromatic carbocycles. The van der Waals surface area contributed by atoms with Crippen LogP contribution in [0.15, 0.2) is 127 Å². The summed E-state index contributed by atoms with van der Waals surface area (Å²) in [5.41, 5.74) is 3.51. The number of Topliss-reactive ketones (excluding diaryl/α,β-unsaturated/α-hetero) is 2. The first-order valence-corrected chi connectivity index (χ1v) is 21.1. The molecule has 0 amide bonds. The third-order valence-electron chi connectivity index (χ3n) is 14.4. The highest BCUT2D eigenvalue weighted by atomic mass is 31.2. The summed E-state index contributed by atoms with van der Waals surface area (Å²) in [5.74, 6) is 5.47. The van der Waals surface area contributed by atoms with E-state index in [0.717, 1.165) is 71.1 Å². The molecule has 8 bridgehead atoms. The number of carbonyl (C=O) groups excluding carboxylic acids is 2. The molecule has 7 aliphatic carbocycles. The first-order valence-electron chi connectivity index (χ1n) is 19.4. The van der Waals surface area contributed by atoms with E-state index in [1.807, 2.05) is 122 Å². The van der Waals surface area contributed by atoms with Crippen molar-refractivity contribution in [3.05, 3.63) is 150 Å². The summed E-state index contributed by atoms with van der Waals surface area (Å²) >= 11 is 0. The Hall–Kier alpha value is -4.53. The van der Waals surface area contributed by atoms with Crippen LogP contribution in [0.5, 0.6) is 11.5 Å². The maximum Gasteiger partial charge on any atom is 0.171 e. The molecule has 7 saturated carbocycles. The van der Waals surface area contributed by atoms with Gasteiger partial charge in [0.15, 0.2) is 18.7 Å². The molecule has 7 fully saturated rings. The molecule has 5 heteroatoms. The van der Waals surface area contributed by atoms with Crippen LogP contribution in [-0.4, -0.2) is 11.6 Å². The van der Waals surface area contributed by atoms with Crippen molar-refractivity contribution in [1.82, 2.24) is 0 Å². The molecular formula is C48H45O4P. The van der Waals surface area contributed by atoms with E-state index in [-0.39, 0.29) is 10.8 Å². The number of hydrogen-bond donors (Lipinski definition) is 0. The Kier molecular flexibility index (Phi) is 7.48. The second-order valence-corrected chi connectivity index (χ2v) is 20.0. The summed E-state index contributed by atoms with van der Waals surface area (Å²) in [5, 5.41) is 2.36. The summed E-state index contributed by atoms with van der Waals surface area (Å²) in [6.45, 7) is 4.11. The van der Waals surface area contributed by atoms with Gasteiger partial charge in [0.1, 0.15) is 11.5 Å². The number of rotatable bonds is 9. The Morgan fingerprint density at radius 1 is 0.472 bits per heavy atom. The van der Waals surface area contributed by atoms with Crippen LogP contribution >= 0.6 is 7.14 Å². The number of carbonyl (C=O) groups is 2. The van der Waals surface area contributed by atoms with Crippen molar-refractivity contribution < 1.29 is 18.9 Å². The van der Waals surface area contributed by atoms with E-state index >= 15 is 0 Å². The van der Waals surface area contributed by atoms with Crippen LogP contribution < -0.4 is 20.7 Å². The average Bonchev–Trinajstić information content (AvgIpc) is 3.20. The number of aryl methyl sites for hydroxylation is 2. The predicted octanol–water partition coefficient (Wildman–Crippen LogP) is 9.88. The molecule has 5 aromatic rings. The smallest absolute Gasteiger partial charge is 0.171 e. The van der Waals surface area contributed by atoms with Crippen LogP contribution in [0.4, 0.5) is 0 Å². The summed E-state index contributed by atoms with van der Waals surface area (Å²) in [4.78, 5) is 28.5. The number of ketones is 2. The lowest BCUT2D eigenvalue weighted by Gasteiger charge is -2.74.